The summed E-state index contributed by atoms with van der Waals surface area (Å²) in [6.45, 7) is 2.34. The minimum absolute atomic E-state index is 0.0613. The van der Waals surface area contributed by atoms with E-state index in [1.165, 1.54) is 18.2 Å². The summed E-state index contributed by atoms with van der Waals surface area (Å²) in [6, 6.07) is 3.69. The number of carbonyl (C=O) groups excluding carboxylic acids is 1. The fraction of sp³-hybridized carbons (Fsp3) is 0.417. The number of carbonyl (C=O) groups is 1. The summed E-state index contributed by atoms with van der Waals surface area (Å²) >= 11 is 0. The number of nitrogens with one attached hydrogen (secondary N) is 1. The number of rotatable bonds is 2. The molecular weight excluding hydrogens is 226 g/mol. The molecule has 0 bridgehead atoms. The van der Waals surface area contributed by atoms with E-state index in [0.29, 0.717) is 13.1 Å². The highest BCUT2D eigenvalue weighted by atomic mass is 19.1. The highest BCUT2D eigenvalue weighted by Crippen LogP contribution is 2.37. The molecule has 1 aromatic rings. The van der Waals surface area contributed by atoms with Crippen LogP contribution in [0.5, 0.6) is 0 Å². The normalized spacial score (nSPS) is 28.3. The molecule has 1 saturated heterocycles. The van der Waals surface area contributed by atoms with Crippen molar-refractivity contribution >= 4 is 5.91 Å². The lowest BCUT2D eigenvalue weighted by Gasteiger charge is -2.29. The average Bonchev–Trinajstić information content (AvgIpc) is 2.60. The lowest BCUT2D eigenvalue weighted by Crippen LogP contribution is -2.41. The molecule has 1 amide bonds. The van der Waals surface area contributed by atoms with Gasteiger partial charge >= 0.3 is 0 Å². The van der Waals surface area contributed by atoms with Crippen LogP contribution < -0.4 is 11.1 Å². The largest absolute Gasteiger partial charge is 0.369 e. The van der Waals surface area contributed by atoms with E-state index in [1.54, 1.807) is 6.92 Å². The van der Waals surface area contributed by atoms with Gasteiger partial charge in [0.2, 0.25) is 5.91 Å². The van der Waals surface area contributed by atoms with E-state index in [4.69, 9.17) is 5.73 Å². The second-order valence-electron chi connectivity index (χ2n) is 4.60. The first kappa shape index (κ1) is 12.0. The average molecular weight is 240 g/mol. The Kier molecular flexibility index (Phi) is 2.87. The fourth-order valence-electron chi connectivity index (χ4n) is 2.55. The monoisotopic (exact) mass is 240 g/mol. The van der Waals surface area contributed by atoms with Crippen LogP contribution in [0.1, 0.15) is 12.5 Å². The van der Waals surface area contributed by atoms with Crippen molar-refractivity contribution < 1.29 is 13.6 Å². The number of primary amides is 1. The number of hydrogen-bond donors (Lipinski definition) is 2. The zero-order valence-electron chi connectivity index (χ0n) is 9.47. The summed E-state index contributed by atoms with van der Waals surface area (Å²) in [4.78, 5) is 11.4. The van der Waals surface area contributed by atoms with Crippen molar-refractivity contribution in [2.45, 2.75) is 12.3 Å². The Morgan fingerprint density at radius 2 is 2.06 bits per heavy atom. The van der Waals surface area contributed by atoms with Gasteiger partial charge in [-0.05, 0) is 12.1 Å². The van der Waals surface area contributed by atoms with Crippen LogP contribution in [-0.4, -0.2) is 19.0 Å². The zero-order chi connectivity index (χ0) is 12.6. The third-order valence-corrected chi connectivity index (χ3v) is 3.49. The van der Waals surface area contributed by atoms with Crippen LogP contribution in [0.25, 0.3) is 0 Å². The van der Waals surface area contributed by atoms with E-state index in [2.05, 4.69) is 5.32 Å². The number of hydrogen-bond acceptors (Lipinski definition) is 2. The summed E-state index contributed by atoms with van der Waals surface area (Å²) in [5.41, 5.74) is 4.30. The molecule has 0 radical (unpaired) electrons. The molecule has 3 N–H and O–H groups in total. The molecule has 1 heterocycles. The molecule has 0 spiro atoms. The molecule has 1 aliphatic heterocycles. The quantitative estimate of drug-likeness (QED) is 0.808. The van der Waals surface area contributed by atoms with E-state index in [9.17, 15) is 13.6 Å². The highest BCUT2D eigenvalue weighted by molar-refractivity contribution is 5.79. The molecular formula is C12H14F2N2O. The van der Waals surface area contributed by atoms with Crippen LogP contribution >= 0.6 is 0 Å². The van der Waals surface area contributed by atoms with Crippen molar-refractivity contribution in [2.75, 3.05) is 13.1 Å². The molecule has 1 aliphatic rings. The summed E-state index contributed by atoms with van der Waals surface area (Å²) in [5.74, 6) is -2.42. The number of nitrogens with two attached hydrogens (primary N) is 1. The first-order chi connectivity index (χ1) is 7.97. The highest BCUT2D eigenvalue weighted by Gasteiger charge is 2.46. The predicted molar refractivity (Wildman–Crippen MR) is 59.3 cm³/mol. The van der Waals surface area contributed by atoms with Crippen molar-refractivity contribution in [1.82, 2.24) is 5.32 Å². The molecule has 0 aliphatic carbocycles. The minimum atomic E-state index is -0.929. The fourth-order valence-corrected chi connectivity index (χ4v) is 2.55. The SMILES string of the molecule is CC1(c2c(F)cccc2F)CNCC1C(N)=O. The van der Waals surface area contributed by atoms with Gasteiger partial charge in [0.05, 0.1) is 5.92 Å². The van der Waals surface area contributed by atoms with Crippen LogP contribution in [0.4, 0.5) is 8.78 Å². The Hall–Kier alpha value is -1.49. The maximum Gasteiger partial charge on any atom is 0.222 e. The molecule has 1 fully saturated rings. The van der Waals surface area contributed by atoms with Crippen LogP contribution in [0.3, 0.4) is 0 Å². The molecule has 92 valence electrons. The second kappa shape index (κ2) is 4.07. The summed E-state index contributed by atoms with van der Waals surface area (Å²) in [7, 11) is 0. The number of amides is 1. The van der Waals surface area contributed by atoms with Crippen molar-refractivity contribution in [2.24, 2.45) is 11.7 Å². The minimum Gasteiger partial charge on any atom is -0.369 e. The van der Waals surface area contributed by atoms with E-state index in [0.717, 1.165) is 0 Å². The summed E-state index contributed by atoms with van der Waals surface area (Å²) < 4.78 is 27.5. The maximum atomic E-state index is 13.8. The first-order valence-electron chi connectivity index (χ1n) is 5.41. The van der Waals surface area contributed by atoms with Gasteiger partial charge in [0, 0.05) is 24.1 Å². The number of halogens is 2. The number of benzene rings is 1. The molecule has 1 aromatic carbocycles. The van der Waals surface area contributed by atoms with Gasteiger partial charge in [0.15, 0.2) is 0 Å². The molecule has 5 heteroatoms. The summed E-state index contributed by atoms with van der Waals surface area (Å²) in [6.07, 6.45) is 0. The third kappa shape index (κ3) is 1.80. The second-order valence-corrected chi connectivity index (χ2v) is 4.60. The Morgan fingerprint density at radius 1 is 1.47 bits per heavy atom. The van der Waals surface area contributed by atoms with Gasteiger partial charge in [-0.15, -0.1) is 0 Å². The molecule has 0 aromatic heterocycles. The first-order valence-corrected chi connectivity index (χ1v) is 5.41. The molecule has 2 rings (SSSR count). The van der Waals surface area contributed by atoms with E-state index < -0.39 is 28.9 Å². The molecule has 2 atom stereocenters. The Balaban J connectivity index is 2.54. The lowest BCUT2D eigenvalue weighted by molar-refractivity contribution is -0.122. The molecule has 17 heavy (non-hydrogen) atoms. The van der Waals surface area contributed by atoms with Gasteiger partial charge in [-0.25, -0.2) is 8.78 Å². The lowest BCUT2D eigenvalue weighted by atomic mass is 9.73. The Morgan fingerprint density at radius 3 is 2.59 bits per heavy atom. The van der Waals surface area contributed by atoms with Gasteiger partial charge in [0.25, 0.3) is 0 Å². The Labute approximate surface area is 98.0 Å². The van der Waals surface area contributed by atoms with E-state index in [-0.39, 0.29) is 5.56 Å². The smallest absolute Gasteiger partial charge is 0.222 e. The van der Waals surface area contributed by atoms with E-state index >= 15 is 0 Å². The van der Waals surface area contributed by atoms with Crippen LogP contribution in [-0.2, 0) is 10.2 Å². The third-order valence-electron chi connectivity index (χ3n) is 3.49. The van der Waals surface area contributed by atoms with Crippen LogP contribution in [0.15, 0.2) is 18.2 Å². The summed E-state index contributed by atoms with van der Waals surface area (Å²) in [5, 5.41) is 2.96. The molecule has 2 unspecified atom stereocenters. The van der Waals surface area contributed by atoms with Gasteiger partial charge in [-0.1, -0.05) is 13.0 Å². The van der Waals surface area contributed by atoms with Gasteiger partial charge < -0.3 is 11.1 Å². The van der Waals surface area contributed by atoms with Gasteiger partial charge in [-0.3, -0.25) is 4.79 Å². The standard InChI is InChI=1S/C12H14F2N2O/c1-12(6-16-5-7(12)11(15)17)10-8(13)3-2-4-9(10)14/h2-4,7,16H,5-6H2,1H3,(H2,15,17). The van der Waals surface area contributed by atoms with Gasteiger partial charge in [-0.2, -0.15) is 0 Å². The van der Waals surface area contributed by atoms with Crippen molar-refractivity contribution in [1.29, 1.82) is 0 Å². The Bertz CT molecular complexity index is 444. The van der Waals surface area contributed by atoms with Crippen molar-refractivity contribution in [3.63, 3.8) is 0 Å². The molecule has 0 saturated carbocycles. The molecule has 3 nitrogen and oxygen atoms in total. The maximum absolute atomic E-state index is 13.8. The van der Waals surface area contributed by atoms with Gasteiger partial charge in [0.1, 0.15) is 11.6 Å². The predicted octanol–water partition coefficient (Wildman–Crippen LogP) is 0.927. The zero-order valence-corrected chi connectivity index (χ0v) is 9.47. The van der Waals surface area contributed by atoms with Crippen LogP contribution in [0, 0.1) is 17.6 Å². The van der Waals surface area contributed by atoms with E-state index in [1.807, 2.05) is 0 Å². The van der Waals surface area contributed by atoms with Crippen LogP contribution in [0.2, 0.25) is 0 Å². The van der Waals surface area contributed by atoms with Crippen molar-refractivity contribution in [3.8, 4) is 0 Å². The van der Waals surface area contributed by atoms with Crippen molar-refractivity contribution in [3.05, 3.63) is 35.4 Å². The topological polar surface area (TPSA) is 55.1 Å².